The molecule has 0 unspecified atom stereocenters. The van der Waals surface area contributed by atoms with Crippen LogP contribution in [0.3, 0.4) is 0 Å². The van der Waals surface area contributed by atoms with Crippen LogP contribution in [-0.2, 0) is 11.2 Å². The first kappa shape index (κ1) is 15.4. The lowest BCUT2D eigenvalue weighted by Gasteiger charge is -2.12. The third-order valence-electron chi connectivity index (χ3n) is 3.05. The highest BCUT2D eigenvalue weighted by Crippen LogP contribution is 2.25. The second-order valence-corrected chi connectivity index (χ2v) is 5.20. The minimum absolute atomic E-state index is 0.113. The van der Waals surface area contributed by atoms with Crippen LogP contribution in [0.2, 0.25) is 5.02 Å². The molecule has 2 aromatic carbocycles. The molecule has 3 nitrogen and oxygen atoms in total. The van der Waals surface area contributed by atoms with Crippen molar-refractivity contribution in [2.24, 2.45) is 0 Å². The predicted molar refractivity (Wildman–Crippen MR) is 83.1 cm³/mol. The fraction of sp³-hybridized carbons (Fsp3) is 0.235. The summed E-state index contributed by atoms with van der Waals surface area (Å²) in [7, 11) is 0. The molecule has 4 heteroatoms. The van der Waals surface area contributed by atoms with Crippen molar-refractivity contribution >= 4 is 17.6 Å². The molecule has 2 rings (SSSR count). The smallest absolute Gasteiger partial charge is 0.303 e. The average Bonchev–Trinajstić information content (AvgIpc) is 2.46. The fourth-order valence-electron chi connectivity index (χ4n) is 2.05. The van der Waals surface area contributed by atoms with Gasteiger partial charge in [0.1, 0.15) is 5.75 Å². The largest absolute Gasteiger partial charge is 0.493 e. The molecule has 0 aliphatic carbocycles. The van der Waals surface area contributed by atoms with E-state index in [9.17, 15) is 4.79 Å². The van der Waals surface area contributed by atoms with E-state index in [4.69, 9.17) is 21.4 Å². The number of hydrogen-bond acceptors (Lipinski definition) is 2. The van der Waals surface area contributed by atoms with Gasteiger partial charge in [-0.2, -0.15) is 0 Å². The molecule has 0 heterocycles. The Kier molecular flexibility index (Phi) is 5.64. The van der Waals surface area contributed by atoms with Gasteiger partial charge in [-0.1, -0.05) is 41.9 Å². The van der Waals surface area contributed by atoms with E-state index < -0.39 is 5.97 Å². The van der Waals surface area contributed by atoms with Crippen molar-refractivity contribution in [1.82, 2.24) is 0 Å². The Hall–Kier alpha value is -2.00. The van der Waals surface area contributed by atoms with E-state index in [-0.39, 0.29) is 6.42 Å². The van der Waals surface area contributed by atoms with Crippen LogP contribution in [0.15, 0.2) is 48.5 Å². The van der Waals surface area contributed by atoms with Crippen LogP contribution >= 0.6 is 11.6 Å². The summed E-state index contributed by atoms with van der Waals surface area (Å²) in [6, 6.07) is 15.6. The van der Waals surface area contributed by atoms with Crippen molar-refractivity contribution in [3.8, 4) is 5.75 Å². The molecule has 0 aliphatic heterocycles. The zero-order valence-electron chi connectivity index (χ0n) is 11.6. The fourth-order valence-corrected chi connectivity index (χ4v) is 2.24. The van der Waals surface area contributed by atoms with Gasteiger partial charge in [-0.25, -0.2) is 0 Å². The molecule has 0 saturated heterocycles. The highest BCUT2D eigenvalue weighted by molar-refractivity contribution is 6.30. The van der Waals surface area contributed by atoms with E-state index in [1.54, 1.807) is 6.07 Å². The molecule has 0 aliphatic rings. The third-order valence-corrected chi connectivity index (χ3v) is 3.29. The lowest BCUT2D eigenvalue weighted by Crippen LogP contribution is -2.04. The summed E-state index contributed by atoms with van der Waals surface area (Å²) in [6.07, 6.45) is 1.33. The number of carboxylic acid groups (broad SMARTS) is 1. The Bertz CT molecular complexity index is 596. The van der Waals surface area contributed by atoms with E-state index >= 15 is 0 Å². The van der Waals surface area contributed by atoms with Crippen molar-refractivity contribution < 1.29 is 14.6 Å². The van der Waals surface area contributed by atoms with Crippen molar-refractivity contribution in [2.45, 2.75) is 19.3 Å². The average molecular weight is 305 g/mol. The summed E-state index contributed by atoms with van der Waals surface area (Å²) in [5, 5.41) is 9.29. The Balaban J connectivity index is 2.05. The second kappa shape index (κ2) is 7.70. The number of halogens is 1. The summed E-state index contributed by atoms with van der Waals surface area (Å²) < 4.78 is 5.69. The van der Waals surface area contributed by atoms with Crippen LogP contribution in [0.4, 0.5) is 0 Å². The highest BCUT2D eigenvalue weighted by Gasteiger charge is 2.07. The van der Waals surface area contributed by atoms with E-state index in [1.807, 2.05) is 30.3 Å². The van der Waals surface area contributed by atoms with Crippen LogP contribution < -0.4 is 4.74 Å². The number of aliphatic carboxylic acids is 1. The van der Waals surface area contributed by atoms with Gasteiger partial charge in [-0.15, -0.1) is 0 Å². The van der Waals surface area contributed by atoms with Gasteiger partial charge < -0.3 is 9.84 Å². The number of ether oxygens (including phenoxy) is 1. The molecule has 0 fully saturated rings. The summed E-state index contributed by atoms with van der Waals surface area (Å²) in [5.41, 5.74) is 2.18. The van der Waals surface area contributed by atoms with E-state index in [0.717, 1.165) is 17.7 Å². The van der Waals surface area contributed by atoms with Gasteiger partial charge >= 0.3 is 5.97 Å². The molecule has 1 N–H and O–H groups in total. The van der Waals surface area contributed by atoms with Gasteiger partial charge in [-0.3, -0.25) is 4.79 Å². The zero-order valence-corrected chi connectivity index (χ0v) is 12.3. The van der Waals surface area contributed by atoms with Crippen molar-refractivity contribution in [3.05, 3.63) is 64.7 Å². The monoisotopic (exact) mass is 304 g/mol. The Morgan fingerprint density at radius 3 is 2.62 bits per heavy atom. The number of carboxylic acids is 1. The number of rotatable bonds is 7. The molecule has 0 atom stereocenters. The maximum atomic E-state index is 10.5. The van der Waals surface area contributed by atoms with Gasteiger partial charge in [0.15, 0.2) is 0 Å². The van der Waals surface area contributed by atoms with Gasteiger partial charge in [0.25, 0.3) is 0 Å². The zero-order chi connectivity index (χ0) is 15.1. The number of benzene rings is 2. The summed E-state index contributed by atoms with van der Waals surface area (Å²) >= 11 is 6.05. The number of carbonyl (C=O) groups is 1. The second-order valence-electron chi connectivity index (χ2n) is 4.76. The minimum Gasteiger partial charge on any atom is -0.493 e. The normalized spacial score (nSPS) is 10.3. The lowest BCUT2D eigenvalue weighted by molar-refractivity contribution is -0.137. The summed E-state index contributed by atoms with van der Waals surface area (Å²) in [6.45, 7) is 0.385. The SMILES string of the molecule is O=C(O)CCCOc1ccc(Cl)cc1Cc1ccccc1. The Labute approximate surface area is 129 Å². The molecule has 0 spiro atoms. The molecule has 110 valence electrons. The van der Waals surface area contributed by atoms with E-state index in [2.05, 4.69) is 12.1 Å². The molecular weight excluding hydrogens is 288 g/mol. The Morgan fingerprint density at radius 1 is 1.14 bits per heavy atom. The standard InChI is InChI=1S/C17H17ClO3/c18-15-8-9-16(21-10-4-7-17(19)20)14(12-15)11-13-5-2-1-3-6-13/h1-3,5-6,8-9,12H,4,7,10-11H2,(H,19,20). The van der Waals surface area contributed by atoms with Crippen molar-refractivity contribution in [1.29, 1.82) is 0 Å². The van der Waals surface area contributed by atoms with Crippen LogP contribution in [0.5, 0.6) is 5.75 Å². The molecule has 0 aromatic heterocycles. The van der Waals surface area contributed by atoms with E-state index in [1.165, 1.54) is 5.56 Å². The molecule has 0 bridgehead atoms. The summed E-state index contributed by atoms with van der Waals surface area (Å²) in [5.74, 6) is -0.0483. The third kappa shape index (κ3) is 5.12. The predicted octanol–water partition coefficient (Wildman–Crippen LogP) is 4.17. The first-order valence-electron chi connectivity index (χ1n) is 6.82. The van der Waals surface area contributed by atoms with Crippen molar-refractivity contribution in [3.63, 3.8) is 0 Å². The van der Waals surface area contributed by atoms with Crippen LogP contribution in [0, 0.1) is 0 Å². The topological polar surface area (TPSA) is 46.5 Å². The van der Waals surface area contributed by atoms with Crippen LogP contribution in [0.25, 0.3) is 0 Å². The maximum Gasteiger partial charge on any atom is 0.303 e. The van der Waals surface area contributed by atoms with Gasteiger partial charge in [0.05, 0.1) is 6.61 Å². The first-order valence-corrected chi connectivity index (χ1v) is 7.20. The number of hydrogen-bond donors (Lipinski definition) is 1. The molecule has 0 radical (unpaired) electrons. The van der Waals surface area contributed by atoms with E-state index in [0.29, 0.717) is 18.1 Å². The lowest BCUT2D eigenvalue weighted by atomic mass is 10.0. The molecular formula is C17H17ClO3. The van der Waals surface area contributed by atoms with Crippen LogP contribution in [-0.4, -0.2) is 17.7 Å². The molecule has 21 heavy (non-hydrogen) atoms. The quantitative estimate of drug-likeness (QED) is 0.781. The molecule has 0 saturated carbocycles. The molecule has 2 aromatic rings. The van der Waals surface area contributed by atoms with Gasteiger partial charge in [0, 0.05) is 17.9 Å². The first-order chi connectivity index (χ1) is 10.1. The van der Waals surface area contributed by atoms with Crippen molar-refractivity contribution in [2.75, 3.05) is 6.61 Å². The van der Waals surface area contributed by atoms with Gasteiger partial charge in [0.2, 0.25) is 0 Å². The highest BCUT2D eigenvalue weighted by atomic mass is 35.5. The van der Waals surface area contributed by atoms with Crippen LogP contribution in [0.1, 0.15) is 24.0 Å². The van der Waals surface area contributed by atoms with Gasteiger partial charge in [-0.05, 0) is 35.7 Å². The summed E-state index contributed by atoms with van der Waals surface area (Å²) in [4.78, 5) is 10.5. The molecule has 0 amide bonds. The minimum atomic E-state index is -0.806. The maximum absolute atomic E-state index is 10.5. The Morgan fingerprint density at radius 2 is 1.90 bits per heavy atom.